The Balaban J connectivity index is 3.36. The molecule has 0 aromatic rings. The lowest BCUT2D eigenvalue weighted by Gasteiger charge is -2.04. The summed E-state index contributed by atoms with van der Waals surface area (Å²) in [6.07, 6.45) is -0.239. The van der Waals surface area contributed by atoms with Gasteiger partial charge in [0.05, 0.1) is 5.57 Å². The lowest BCUT2D eigenvalue weighted by molar-refractivity contribution is 0.188. The van der Waals surface area contributed by atoms with E-state index in [1.165, 1.54) is 0 Å². The Kier molecular flexibility index (Phi) is 2.56. The van der Waals surface area contributed by atoms with Gasteiger partial charge < -0.3 is 4.74 Å². The van der Waals surface area contributed by atoms with Crippen molar-refractivity contribution in [3.63, 3.8) is 0 Å². The zero-order valence-corrected chi connectivity index (χ0v) is 7.83. The highest BCUT2D eigenvalue weighted by Gasteiger charge is 2.27. The lowest BCUT2D eigenvalue weighted by Crippen LogP contribution is -2.00. The Morgan fingerprint density at radius 2 is 1.86 bits per heavy atom. The summed E-state index contributed by atoms with van der Waals surface area (Å²) in [5, 5.41) is 26.1. The number of nitrogens with zero attached hydrogens (tertiary/aromatic N) is 3. The fourth-order valence-electron chi connectivity index (χ4n) is 1.16. The van der Waals surface area contributed by atoms with Crippen LogP contribution in [0.25, 0.3) is 0 Å². The molecule has 1 aliphatic rings. The molecule has 0 bridgehead atoms. The van der Waals surface area contributed by atoms with E-state index >= 15 is 0 Å². The molecular weight excluding hydrogens is 178 g/mol. The number of allylic oxidation sites excluding steroid dienone is 2. The summed E-state index contributed by atoms with van der Waals surface area (Å²) in [7, 11) is 0. The van der Waals surface area contributed by atoms with Gasteiger partial charge in [0.15, 0.2) is 11.3 Å². The van der Waals surface area contributed by atoms with Crippen molar-refractivity contribution in [1.29, 1.82) is 15.8 Å². The smallest absolute Gasteiger partial charge is 0.172 e. The van der Waals surface area contributed by atoms with Crippen molar-refractivity contribution < 1.29 is 4.74 Å². The number of hydrogen-bond donors (Lipinski definition) is 0. The molecule has 1 aliphatic heterocycles. The summed E-state index contributed by atoms with van der Waals surface area (Å²) in [4.78, 5) is 0. The van der Waals surface area contributed by atoms with Gasteiger partial charge >= 0.3 is 0 Å². The Hall–Kier alpha value is -2.25. The Morgan fingerprint density at radius 1 is 1.29 bits per heavy atom. The van der Waals surface area contributed by atoms with Crippen LogP contribution in [0.15, 0.2) is 22.5 Å². The predicted octanol–water partition coefficient (Wildman–Crippen LogP) is 1.55. The van der Waals surface area contributed by atoms with E-state index in [-0.39, 0.29) is 17.4 Å². The van der Waals surface area contributed by atoms with Crippen LogP contribution >= 0.6 is 0 Å². The minimum absolute atomic E-state index is 0.113. The summed E-state index contributed by atoms with van der Waals surface area (Å²) in [6.45, 7) is 3.52. The van der Waals surface area contributed by atoms with Crippen LogP contribution < -0.4 is 0 Å². The standard InChI is InChI=1S/C10H7N3O/c1-6-7(2)14-10(9(6)5-13)8(3-11)4-12/h7H,1-2H3. The van der Waals surface area contributed by atoms with Gasteiger partial charge in [-0.1, -0.05) is 0 Å². The van der Waals surface area contributed by atoms with Crippen LogP contribution in [0.5, 0.6) is 0 Å². The Labute approximate surface area is 81.9 Å². The SMILES string of the molecule is CC1=C(C#N)C(=C(C#N)C#N)OC1C. The van der Waals surface area contributed by atoms with Crippen molar-refractivity contribution in [1.82, 2.24) is 0 Å². The van der Waals surface area contributed by atoms with Crippen molar-refractivity contribution in [2.24, 2.45) is 0 Å². The van der Waals surface area contributed by atoms with Gasteiger partial charge in [0.2, 0.25) is 0 Å². The third-order valence-electron chi connectivity index (χ3n) is 2.09. The van der Waals surface area contributed by atoms with E-state index < -0.39 is 0 Å². The summed E-state index contributed by atoms with van der Waals surface area (Å²) in [5.41, 5.74) is 0.909. The molecule has 14 heavy (non-hydrogen) atoms. The maximum absolute atomic E-state index is 8.82. The van der Waals surface area contributed by atoms with Crippen LogP contribution in [-0.2, 0) is 4.74 Å². The molecule has 0 saturated heterocycles. The van der Waals surface area contributed by atoms with Gasteiger partial charge in [-0.2, -0.15) is 15.8 Å². The van der Waals surface area contributed by atoms with Crippen LogP contribution in [0.2, 0.25) is 0 Å². The average Bonchev–Trinajstić information content (AvgIpc) is 2.45. The van der Waals surface area contributed by atoms with Crippen molar-refractivity contribution in [2.45, 2.75) is 20.0 Å². The second kappa shape index (κ2) is 3.64. The molecule has 0 saturated carbocycles. The molecule has 0 N–H and O–H groups in total. The number of nitriles is 3. The molecule has 0 spiro atoms. The van der Waals surface area contributed by atoms with Crippen LogP contribution in [0.4, 0.5) is 0 Å². The zero-order chi connectivity index (χ0) is 10.7. The van der Waals surface area contributed by atoms with E-state index in [0.29, 0.717) is 5.57 Å². The number of ether oxygens (including phenoxy) is 1. The highest BCUT2D eigenvalue weighted by molar-refractivity contribution is 5.55. The Bertz CT molecular complexity index is 435. The third kappa shape index (κ3) is 1.32. The first-order valence-corrected chi connectivity index (χ1v) is 3.98. The summed E-state index contributed by atoms with van der Waals surface area (Å²) < 4.78 is 5.26. The largest absolute Gasteiger partial charge is 0.483 e. The molecule has 1 rings (SSSR count). The fraction of sp³-hybridized carbons (Fsp3) is 0.300. The van der Waals surface area contributed by atoms with Gasteiger partial charge in [-0.25, -0.2) is 0 Å². The minimum Gasteiger partial charge on any atom is -0.483 e. The normalized spacial score (nSPS) is 19.4. The topological polar surface area (TPSA) is 80.6 Å². The van der Waals surface area contributed by atoms with Crippen LogP contribution in [0.1, 0.15) is 13.8 Å². The van der Waals surface area contributed by atoms with Crippen LogP contribution in [-0.4, -0.2) is 6.10 Å². The molecule has 0 aromatic heterocycles. The summed E-state index contributed by atoms with van der Waals surface area (Å²) in [6, 6.07) is 5.35. The molecule has 4 heteroatoms. The molecule has 0 aromatic carbocycles. The van der Waals surface area contributed by atoms with Crippen molar-refractivity contribution >= 4 is 0 Å². The highest BCUT2D eigenvalue weighted by Crippen LogP contribution is 2.31. The zero-order valence-electron chi connectivity index (χ0n) is 7.83. The van der Waals surface area contributed by atoms with Gasteiger partial charge in [0.25, 0.3) is 0 Å². The molecule has 0 amide bonds. The molecule has 1 heterocycles. The fourth-order valence-corrected chi connectivity index (χ4v) is 1.16. The van der Waals surface area contributed by atoms with Gasteiger partial charge in [-0.15, -0.1) is 0 Å². The second-order valence-electron chi connectivity index (χ2n) is 2.86. The summed E-state index contributed by atoms with van der Waals surface area (Å²) >= 11 is 0. The second-order valence-corrected chi connectivity index (χ2v) is 2.86. The van der Waals surface area contributed by atoms with E-state index in [1.54, 1.807) is 26.0 Å². The molecule has 0 aliphatic carbocycles. The van der Waals surface area contributed by atoms with Crippen LogP contribution in [0, 0.1) is 34.0 Å². The Morgan fingerprint density at radius 3 is 2.29 bits per heavy atom. The van der Waals surface area contributed by atoms with Crippen LogP contribution in [0.3, 0.4) is 0 Å². The number of hydrogen-bond acceptors (Lipinski definition) is 4. The predicted molar refractivity (Wildman–Crippen MR) is 47.1 cm³/mol. The van der Waals surface area contributed by atoms with E-state index in [4.69, 9.17) is 20.5 Å². The third-order valence-corrected chi connectivity index (χ3v) is 2.09. The van der Waals surface area contributed by atoms with Crippen molar-refractivity contribution in [2.75, 3.05) is 0 Å². The van der Waals surface area contributed by atoms with E-state index in [0.717, 1.165) is 5.57 Å². The summed E-state index contributed by atoms with van der Waals surface area (Å²) in [5.74, 6) is 0.113. The van der Waals surface area contributed by atoms with Gasteiger partial charge in [0.1, 0.15) is 24.3 Å². The molecule has 0 radical (unpaired) electrons. The first kappa shape index (κ1) is 9.84. The van der Waals surface area contributed by atoms with Gasteiger partial charge in [0, 0.05) is 0 Å². The quantitative estimate of drug-likeness (QED) is 0.536. The maximum atomic E-state index is 8.82. The molecule has 1 unspecified atom stereocenters. The van der Waals surface area contributed by atoms with Gasteiger partial charge in [-0.05, 0) is 19.4 Å². The molecular formula is C10H7N3O. The maximum Gasteiger partial charge on any atom is 0.172 e. The van der Waals surface area contributed by atoms with Crippen molar-refractivity contribution in [3.8, 4) is 18.2 Å². The van der Waals surface area contributed by atoms with E-state index in [9.17, 15) is 0 Å². The van der Waals surface area contributed by atoms with Gasteiger partial charge in [-0.3, -0.25) is 0 Å². The molecule has 4 nitrogen and oxygen atoms in total. The lowest BCUT2D eigenvalue weighted by atomic mass is 10.1. The average molecular weight is 185 g/mol. The molecule has 1 atom stereocenters. The highest BCUT2D eigenvalue weighted by atomic mass is 16.5. The first-order valence-electron chi connectivity index (χ1n) is 3.98. The van der Waals surface area contributed by atoms with Crippen molar-refractivity contribution in [3.05, 3.63) is 22.5 Å². The van der Waals surface area contributed by atoms with E-state index in [1.807, 2.05) is 6.07 Å². The first-order chi connectivity index (χ1) is 6.65. The molecule has 68 valence electrons. The molecule has 0 fully saturated rings. The minimum atomic E-state index is -0.239. The monoisotopic (exact) mass is 185 g/mol. The number of rotatable bonds is 0. The van der Waals surface area contributed by atoms with E-state index in [2.05, 4.69) is 0 Å².